The first-order valence-corrected chi connectivity index (χ1v) is 9.94. The molecule has 5 heteroatoms. The summed E-state index contributed by atoms with van der Waals surface area (Å²) in [6.07, 6.45) is 1.42. The number of hydrogen-bond acceptors (Lipinski definition) is 4. The van der Waals surface area contributed by atoms with Gasteiger partial charge in [0.15, 0.2) is 6.61 Å². The van der Waals surface area contributed by atoms with Crippen LogP contribution in [0, 0.1) is 0 Å². The Hall–Kier alpha value is -3.60. The van der Waals surface area contributed by atoms with E-state index >= 15 is 0 Å². The second kappa shape index (κ2) is 10.8. The molecule has 0 aliphatic carbocycles. The van der Waals surface area contributed by atoms with Crippen molar-refractivity contribution >= 4 is 11.7 Å². The Labute approximate surface area is 176 Å². The van der Waals surface area contributed by atoms with Gasteiger partial charge < -0.3 is 14.7 Å². The summed E-state index contributed by atoms with van der Waals surface area (Å²) in [6, 6.07) is 25.9. The Balaban J connectivity index is 1.56. The Morgan fingerprint density at radius 2 is 1.67 bits per heavy atom. The number of benzene rings is 3. The molecule has 0 aromatic heterocycles. The van der Waals surface area contributed by atoms with Gasteiger partial charge in [0.05, 0.1) is 5.71 Å². The maximum atomic E-state index is 10.6. The molecule has 0 aliphatic rings. The van der Waals surface area contributed by atoms with Crippen LogP contribution in [0.2, 0.25) is 0 Å². The van der Waals surface area contributed by atoms with E-state index in [1.165, 1.54) is 11.1 Å². The van der Waals surface area contributed by atoms with E-state index in [0.29, 0.717) is 18.8 Å². The first kappa shape index (κ1) is 21.1. The number of carbonyl (C=O) groups is 1. The summed E-state index contributed by atoms with van der Waals surface area (Å²) in [5.74, 6) is -0.465. The first-order chi connectivity index (χ1) is 14.7. The quantitative estimate of drug-likeness (QED) is 0.287. The molecule has 3 aromatic rings. The van der Waals surface area contributed by atoms with E-state index in [2.05, 4.69) is 48.5 Å². The van der Waals surface area contributed by atoms with Crippen molar-refractivity contribution in [2.24, 2.45) is 5.16 Å². The number of nitrogens with zero attached hydrogens (tertiary/aromatic N) is 1. The molecule has 0 fully saturated rings. The fourth-order valence-corrected chi connectivity index (χ4v) is 3.03. The highest BCUT2D eigenvalue weighted by Crippen LogP contribution is 2.20. The van der Waals surface area contributed by atoms with Crippen LogP contribution in [-0.2, 0) is 16.1 Å². The summed E-state index contributed by atoms with van der Waals surface area (Å²) in [5, 5.41) is 13.0. The maximum absolute atomic E-state index is 10.6. The Morgan fingerprint density at radius 1 is 0.933 bits per heavy atom. The van der Waals surface area contributed by atoms with Crippen LogP contribution < -0.4 is 4.74 Å². The molecule has 0 saturated carbocycles. The Kier molecular flexibility index (Phi) is 7.61. The standard InChI is InChI=1S/C25H25NO4/c1-2-24(22-13-11-21(12-14-22)20-8-4-3-5-9-20)26-30-16-15-19-7-6-10-23(17-19)29-18-25(27)28/h3-14,17H,2,15-16,18H2,1H3,(H,27,28). The molecule has 5 nitrogen and oxygen atoms in total. The molecule has 0 bridgehead atoms. The zero-order valence-electron chi connectivity index (χ0n) is 17.0. The van der Waals surface area contributed by atoms with Crippen LogP contribution in [0.25, 0.3) is 11.1 Å². The molecule has 0 unspecified atom stereocenters. The number of hydrogen-bond donors (Lipinski definition) is 1. The lowest BCUT2D eigenvalue weighted by atomic mass is 10.0. The van der Waals surface area contributed by atoms with Crippen molar-refractivity contribution in [2.75, 3.05) is 13.2 Å². The smallest absolute Gasteiger partial charge is 0.341 e. The molecule has 3 rings (SSSR count). The predicted octanol–water partition coefficient (Wildman–Crippen LogP) is 5.19. The molecule has 0 aliphatic heterocycles. The van der Waals surface area contributed by atoms with Gasteiger partial charge in [-0.1, -0.05) is 78.8 Å². The van der Waals surface area contributed by atoms with Crippen molar-refractivity contribution < 1.29 is 19.5 Å². The number of aliphatic carboxylic acids is 1. The molecule has 0 heterocycles. The first-order valence-electron chi connectivity index (χ1n) is 9.94. The Morgan fingerprint density at radius 3 is 2.37 bits per heavy atom. The average molecular weight is 403 g/mol. The van der Waals surface area contributed by atoms with Crippen LogP contribution >= 0.6 is 0 Å². The maximum Gasteiger partial charge on any atom is 0.341 e. The number of carboxylic acids is 1. The largest absolute Gasteiger partial charge is 0.482 e. The molecule has 0 spiro atoms. The topological polar surface area (TPSA) is 68.1 Å². The highest BCUT2D eigenvalue weighted by Gasteiger charge is 2.05. The van der Waals surface area contributed by atoms with E-state index in [4.69, 9.17) is 14.7 Å². The summed E-state index contributed by atoms with van der Waals surface area (Å²) in [6.45, 7) is 2.12. The highest BCUT2D eigenvalue weighted by atomic mass is 16.6. The number of rotatable bonds is 10. The zero-order valence-corrected chi connectivity index (χ0v) is 17.0. The minimum absolute atomic E-state index is 0.354. The molecule has 0 atom stereocenters. The van der Waals surface area contributed by atoms with Crippen LogP contribution in [0.3, 0.4) is 0 Å². The van der Waals surface area contributed by atoms with E-state index in [0.717, 1.165) is 23.3 Å². The van der Waals surface area contributed by atoms with Crippen molar-refractivity contribution in [3.05, 3.63) is 90.0 Å². The van der Waals surface area contributed by atoms with E-state index in [9.17, 15) is 4.79 Å². The van der Waals surface area contributed by atoms with Crippen LogP contribution in [0.4, 0.5) is 0 Å². The van der Waals surface area contributed by atoms with Crippen molar-refractivity contribution in [1.29, 1.82) is 0 Å². The summed E-state index contributed by atoms with van der Waals surface area (Å²) >= 11 is 0. The lowest BCUT2D eigenvalue weighted by Gasteiger charge is -2.08. The van der Waals surface area contributed by atoms with E-state index in [1.807, 2.05) is 36.4 Å². The molecular weight excluding hydrogens is 378 g/mol. The SMILES string of the molecule is CCC(=NOCCc1cccc(OCC(=O)O)c1)c1ccc(-c2ccccc2)cc1. The monoisotopic (exact) mass is 403 g/mol. The Bertz CT molecular complexity index is 982. The van der Waals surface area contributed by atoms with Gasteiger partial charge in [0.1, 0.15) is 12.4 Å². The van der Waals surface area contributed by atoms with Gasteiger partial charge in [-0.25, -0.2) is 4.79 Å². The molecule has 0 radical (unpaired) electrons. The second-order valence-corrected chi connectivity index (χ2v) is 6.75. The lowest BCUT2D eigenvalue weighted by molar-refractivity contribution is -0.139. The number of ether oxygens (including phenoxy) is 1. The third kappa shape index (κ3) is 6.21. The van der Waals surface area contributed by atoms with Gasteiger partial charge in [-0.05, 0) is 40.8 Å². The van der Waals surface area contributed by atoms with E-state index in [-0.39, 0.29) is 6.61 Å². The normalized spacial score (nSPS) is 11.2. The summed E-state index contributed by atoms with van der Waals surface area (Å²) < 4.78 is 5.20. The third-order valence-electron chi connectivity index (χ3n) is 4.58. The van der Waals surface area contributed by atoms with Gasteiger partial charge in [-0.2, -0.15) is 0 Å². The fourth-order valence-electron chi connectivity index (χ4n) is 3.03. The second-order valence-electron chi connectivity index (χ2n) is 6.75. The molecule has 0 amide bonds. The van der Waals surface area contributed by atoms with Gasteiger partial charge in [0.2, 0.25) is 0 Å². The third-order valence-corrected chi connectivity index (χ3v) is 4.58. The highest BCUT2D eigenvalue weighted by molar-refractivity contribution is 6.00. The van der Waals surface area contributed by atoms with Crippen LogP contribution in [-0.4, -0.2) is 30.0 Å². The molecule has 0 saturated heterocycles. The molecule has 3 aromatic carbocycles. The summed E-state index contributed by atoms with van der Waals surface area (Å²) in [7, 11) is 0. The van der Waals surface area contributed by atoms with Gasteiger partial charge in [0.25, 0.3) is 0 Å². The molecule has 1 N–H and O–H groups in total. The van der Waals surface area contributed by atoms with Crippen molar-refractivity contribution in [1.82, 2.24) is 0 Å². The van der Waals surface area contributed by atoms with Gasteiger partial charge in [0, 0.05) is 6.42 Å². The summed E-state index contributed by atoms with van der Waals surface area (Å²) in [4.78, 5) is 16.2. The van der Waals surface area contributed by atoms with Gasteiger partial charge >= 0.3 is 5.97 Å². The van der Waals surface area contributed by atoms with Crippen LogP contribution in [0.1, 0.15) is 24.5 Å². The minimum Gasteiger partial charge on any atom is -0.482 e. The zero-order chi connectivity index (χ0) is 21.2. The fraction of sp³-hybridized carbons (Fsp3) is 0.200. The van der Waals surface area contributed by atoms with Crippen LogP contribution in [0.15, 0.2) is 84.0 Å². The molecule has 154 valence electrons. The van der Waals surface area contributed by atoms with E-state index in [1.54, 1.807) is 6.07 Å². The molecular formula is C25H25NO4. The van der Waals surface area contributed by atoms with Crippen LogP contribution in [0.5, 0.6) is 5.75 Å². The van der Waals surface area contributed by atoms with Crippen molar-refractivity contribution in [3.8, 4) is 16.9 Å². The number of carboxylic acid groups (broad SMARTS) is 1. The minimum atomic E-state index is -0.998. The lowest BCUT2D eigenvalue weighted by Crippen LogP contribution is -2.09. The van der Waals surface area contributed by atoms with Crippen molar-refractivity contribution in [2.45, 2.75) is 19.8 Å². The van der Waals surface area contributed by atoms with E-state index < -0.39 is 5.97 Å². The predicted molar refractivity (Wildman–Crippen MR) is 118 cm³/mol. The van der Waals surface area contributed by atoms with Gasteiger partial charge in [-0.15, -0.1) is 0 Å². The summed E-state index contributed by atoms with van der Waals surface area (Å²) in [5.41, 5.74) is 5.29. The van der Waals surface area contributed by atoms with Gasteiger partial charge in [-0.3, -0.25) is 0 Å². The number of oxime groups is 1. The van der Waals surface area contributed by atoms with Crippen molar-refractivity contribution in [3.63, 3.8) is 0 Å². The average Bonchev–Trinajstić information content (AvgIpc) is 2.79. The molecule has 30 heavy (non-hydrogen) atoms.